The lowest BCUT2D eigenvalue weighted by atomic mass is 10.0. The normalized spacial score (nSPS) is 23.2. The molecule has 0 aromatic heterocycles. The van der Waals surface area contributed by atoms with Crippen molar-refractivity contribution in [1.29, 1.82) is 0 Å². The summed E-state index contributed by atoms with van der Waals surface area (Å²) in [7, 11) is 3.68. The van der Waals surface area contributed by atoms with E-state index in [-0.39, 0.29) is 6.61 Å². The van der Waals surface area contributed by atoms with Gasteiger partial charge in [-0.25, -0.2) is 0 Å². The predicted molar refractivity (Wildman–Crippen MR) is 159 cm³/mol. The molecule has 37 heavy (non-hydrogen) atoms. The van der Waals surface area contributed by atoms with Crippen LogP contribution in [0, 0.1) is 0 Å². The van der Waals surface area contributed by atoms with Crippen molar-refractivity contribution in [2.24, 2.45) is 0 Å². The number of hydrogen-bond donors (Lipinski definition) is 2. The molecular weight excluding hydrogens is 480 g/mol. The maximum absolute atomic E-state index is 10.9. The monoisotopic (exact) mass is 546 g/mol. The third-order valence-corrected chi connectivity index (χ3v) is 10.7. The molecule has 2 N–H and O–H groups in total. The second kappa shape index (κ2) is 20.8. The minimum atomic E-state index is -3.06. The zero-order valence-electron chi connectivity index (χ0n) is 25.5. The Morgan fingerprint density at radius 2 is 1.08 bits per heavy atom. The van der Waals surface area contributed by atoms with Crippen molar-refractivity contribution >= 4 is 8.80 Å². The number of rotatable bonds is 23. The summed E-state index contributed by atoms with van der Waals surface area (Å²) in [5, 5.41) is 9.29. The van der Waals surface area contributed by atoms with Crippen LogP contribution >= 0.6 is 0 Å². The highest BCUT2D eigenvalue weighted by Gasteiger charge is 2.40. The Morgan fingerprint density at radius 3 is 1.51 bits per heavy atom. The summed E-state index contributed by atoms with van der Waals surface area (Å²) in [4.78, 5) is 10.9. The van der Waals surface area contributed by atoms with Crippen LogP contribution in [0.5, 0.6) is 0 Å². The maximum Gasteiger partial charge on any atom is 0.498 e. The molecule has 0 saturated carbocycles. The summed E-state index contributed by atoms with van der Waals surface area (Å²) in [5.74, 6) is 0. The SMILES string of the molecule is CCCCCCCCCCCCCCCCCC[N+](C)(C)CCC[Si]1(O)OCC[N+](C)(CCO)CCO1. The summed E-state index contributed by atoms with van der Waals surface area (Å²) in [6, 6.07) is 0.650. The molecule has 6 nitrogen and oxygen atoms in total. The van der Waals surface area contributed by atoms with E-state index in [1.165, 1.54) is 109 Å². The Morgan fingerprint density at radius 1 is 0.676 bits per heavy atom. The first kappa shape index (κ1) is 35.0. The van der Waals surface area contributed by atoms with E-state index in [1.807, 2.05) is 0 Å². The minimum absolute atomic E-state index is 0.171. The lowest BCUT2D eigenvalue weighted by Crippen LogP contribution is -2.56. The standard InChI is InChI=1S/C30H66N2O4Si/c1-5-6-7-8-9-10-11-12-13-14-15-16-17-18-19-20-22-31(2,3)23-21-30-37(34)35-28-25-32(4,24-27-33)26-29-36-37/h33-34H,5-30H2,1-4H3/q+2. The van der Waals surface area contributed by atoms with Crippen LogP contribution in [0.3, 0.4) is 0 Å². The fraction of sp³-hybridized carbons (Fsp3) is 1.00. The van der Waals surface area contributed by atoms with Gasteiger partial charge in [0.2, 0.25) is 0 Å². The molecule has 1 heterocycles. The number of quaternary nitrogens is 2. The van der Waals surface area contributed by atoms with Crippen molar-refractivity contribution in [3.8, 4) is 0 Å². The Bertz CT molecular complexity index is 526. The van der Waals surface area contributed by atoms with E-state index in [9.17, 15) is 9.90 Å². The highest BCUT2D eigenvalue weighted by atomic mass is 28.4. The first-order valence-corrected chi connectivity index (χ1v) is 18.0. The molecule has 0 radical (unpaired) electrons. The second-order valence-corrected chi connectivity index (χ2v) is 15.2. The quantitative estimate of drug-likeness (QED) is 0.0919. The zero-order valence-corrected chi connectivity index (χ0v) is 26.5. The van der Waals surface area contributed by atoms with Crippen LogP contribution in [0.25, 0.3) is 0 Å². The minimum Gasteiger partial charge on any atom is -0.391 e. The third kappa shape index (κ3) is 18.8. The molecule has 0 aromatic carbocycles. The molecule has 7 heteroatoms. The van der Waals surface area contributed by atoms with Crippen molar-refractivity contribution < 1.29 is 27.7 Å². The Kier molecular flexibility index (Phi) is 19.7. The van der Waals surface area contributed by atoms with E-state index in [0.29, 0.717) is 25.8 Å². The molecule has 0 aromatic rings. The number of aliphatic hydroxyl groups is 1. The highest BCUT2D eigenvalue weighted by molar-refractivity contribution is 6.59. The Balaban J connectivity index is 1.98. The van der Waals surface area contributed by atoms with Crippen LogP contribution < -0.4 is 0 Å². The average molecular weight is 547 g/mol. The van der Waals surface area contributed by atoms with E-state index in [2.05, 4.69) is 28.1 Å². The number of nitrogens with zero attached hydrogens (tertiary/aromatic N) is 2. The van der Waals surface area contributed by atoms with E-state index < -0.39 is 8.80 Å². The van der Waals surface area contributed by atoms with Crippen molar-refractivity contribution in [3.05, 3.63) is 0 Å². The van der Waals surface area contributed by atoms with Crippen LogP contribution in [0.15, 0.2) is 0 Å². The summed E-state index contributed by atoms with van der Waals surface area (Å²) in [5.41, 5.74) is 0. The molecule has 0 amide bonds. The van der Waals surface area contributed by atoms with Gasteiger partial charge in [0.05, 0.1) is 54.1 Å². The van der Waals surface area contributed by atoms with Gasteiger partial charge in [0, 0.05) is 12.5 Å². The second-order valence-electron chi connectivity index (χ2n) is 12.7. The molecule has 222 valence electrons. The third-order valence-electron chi connectivity index (χ3n) is 8.43. The number of aliphatic hydroxyl groups excluding tert-OH is 1. The van der Waals surface area contributed by atoms with Crippen LogP contribution in [-0.2, 0) is 8.85 Å². The van der Waals surface area contributed by atoms with Gasteiger partial charge in [0.15, 0.2) is 0 Å². The molecular formula is C30H66N2O4Si+2. The van der Waals surface area contributed by atoms with Crippen LogP contribution in [0.4, 0.5) is 0 Å². The lowest BCUT2D eigenvalue weighted by Gasteiger charge is -2.38. The van der Waals surface area contributed by atoms with E-state index in [1.54, 1.807) is 0 Å². The molecule has 0 atom stereocenters. The summed E-state index contributed by atoms with van der Waals surface area (Å²) >= 11 is 0. The molecule has 1 aliphatic heterocycles. The molecule has 1 aliphatic rings. The van der Waals surface area contributed by atoms with Gasteiger partial charge in [0.1, 0.15) is 19.6 Å². The topological polar surface area (TPSA) is 58.9 Å². The fourth-order valence-corrected chi connectivity index (χ4v) is 7.34. The first-order chi connectivity index (χ1) is 17.7. The molecule has 0 bridgehead atoms. The van der Waals surface area contributed by atoms with Crippen LogP contribution in [0.2, 0.25) is 6.04 Å². The zero-order chi connectivity index (χ0) is 27.3. The van der Waals surface area contributed by atoms with Crippen molar-refractivity contribution in [2.75, 3.05) is 73.7 Å². The Hall–Kier alpha value is -0.0231. The van der Waals surface area contributed by atoms with Crippen molar-refractivity contribution in [2.45, 2.75) is 122 Å². The van der Waals surface area contributed by atoms with Gasteiger partial charge in [-0.2, -0.15) is 0 Å². The van der Waals surface area contributed by atoms with Gasteiger partial charge >= 0.3 is 8.80 Å². The highest BCUT2D eigenvalue weighted by Crippen LogP contribution is 2.19. The molecule has 1 rings (SSSR count). The van der Waals surface area contributed by atoms with E-state index >= 15 is 0 Å². The van der Waals surface area contributed by atoms with Gasteiger partial charge in [-0.3, -0.25) is 0 Å². The molecule has 0 spiro atoms. The number of likely N-dealkylation sites (N-methyl/N-ethyl adjacent to an activating group) is 1. The van der Waals surface area contributed by atoms with Crippen LogP contribution in [-0.4, -0.2) is 101 Å². The molecule has 1 fully saturated rings. The number of hydrogen-bond acceptors (Lipinski definition) is 4. The number of unbranched alkanes of at least 4 members (excludes halogenated alkanes) is 15. The lowest BCUT2D eigenvalue weighted by molar-refractivity contribution is -0.910. The van der Waals surface area contributed by atoms with Crippen molar-refractivity contribution in [3.63, 3.8) is 0 Å². The molecule has 1 saturated heterocycles. The van der Waals surface area contributed by atoms with Gasteiger partial charge in [-0.15, -0.1) is 0 Å². The van der Waals surface area contributed by atoms with Crippen molar-refractivity contribution in [1.82, 2.24) is 0 Å². The molecule has 0 aliphatic carbocycles. The summed E-state index contributed by atoms with van der Waals surface area (Å²) in [6.07, 6.45) is 23.5. The van der Waals surface area contributed by atoms with Crippen LogP contribution in [0.1, 0.15) is 116 Å². The average Bonchev–Trinajstić information content (AvgIpc) is 2.83. The van der Waals surface area contributed by atoms with Gasteiger partial charge in [0.25, 0.3) is 0 Å². The fourth-order valence-electron chi connectivity index (χ4n) is 5.54. The summed E-state index contributed by atoms with van der Waals surface area (Å²) < 4.78 is 13.5. The van der Waals surface area contributed by atoms with Gasteiger partial charge < -0.3 is 27.7 Å². The first-order valence-electron chi connectivity index (χ1n) is 16.0. The largest absolute Gasteiger partial charge is 0.498 e. The van der Waals surface area contributed by atoms with E-state index in [4.69, 9.17) is 8.85 Å². The Labute approximate surface area is 232 Å². The van der Waals surface area contributed by atoms with Gasteiger partial charge in [-0.05, 0) is 12.8 Å². The van der Waals surface area contributed by atoms with Gasteiger partial charge in [-0.1, -0.05) is 96.8 Å². The predicted octanol–water partition coefficient (Wildman–Crippen LogP) is 6.13. The molecule has 0 unspecified atom stereocenters. The van der Waals surface area contributed by atoms with E-state index in [0.717, 1.165) is 35.0 Å². The maximum atomic E-state index is 10.9. The summed E-state index contributed by atoms with van der Waals surface area (Å²) in [6.45, 7) is 8.09. The smallest absolute Gasteiger partial charge is 0.391 e.